The van der Waals surface area contributed by atoms with Gasteiger partial charge in [-0.15, -0.1) is 0 Å². The summed E-state index contributed by atoms with van der Waals surface area (Å²) in [6.07, 6.45) is 1.27. The van der Waals surface area contributed by atoms with Crippen LogP contribution in [0.1, 0.15) is 47.0 Å². The van der Waals surface area contributed by atoms with E-state index in [2.05, 4.69) is 21.6 Å². The quantitative estimate of drug-likeness (QED) is 0.479. The Morgan fingerprint density at radius 1 is 1.28 bits per heavy atom. The first-order chi connectivity index (χ1) is 15.1. The van der Waals surface area contributed by atoms with E-state index >= 15 is 0 Å². The van der Waals surface area contributed by atoms with E-state index in [1.165, 1.54) is 0 Å². The first-order valence-electron chi connectivity index (χ1n) is 11.3. The van der Waals surface area contributed by atoms with Gasteiger partial charge in [0.1, 0.15) is 11.6 Å². The van der Waals surface area contributed by atoms with E-state index in [1.807, 2.05) is 32.7 Å². The van der Waals surface area contributed by atoms with Crippen LogP contribution in [0.15, 0.2) is 4.99 Å². The number of carbonyl (C=O) groups excluding carboxylic acids is 2. The number of hydrogen-bond acceptors (Lipinski definition) is 7. The lowest BCUT2D eigenvalue weighted by atomic mass is 9.86. The number of aliphatic imine (C=N–C) groups is 1. The lowest BCUT2D eigenvalue weighted by molar-refractivity contribution is -0.124. The molecule has 2 amide bonds. The fraction of sp³-hybridized carbons (Fsp3) is 0.818. The Morgan fingerprint density at radius 3 is 2.53 bits per heavy atom. The molecular weight excluding hydrogens is 412 g/mol. The van der Waals surface area contributed by atoms with Crippen molar-refractivity contribution in [2.24, 2.45) is 10.4 Å². The van der Waals surface area contributed by atoms with E-state index in [0.29, 0.717) is 51.6 Å². The minimum Gasteiger partial charge on any atom is -0.450 e. The number of amides is 2. The second-order valence-corrected chi connectivity index (χ2v) is 9.70. The number of nitrogens with zero attached hydrogens (tertiary/aromatic N) is 4. The molecule has 2 aliphatic rings. The molecule has 10 heteroatoms. The van der Waals surface area contributed by atoms with Crippen molar-refractivity contribution in [3.8, 4) is 6.07 Å². The molecule has 2 fully saturated rings. The molecule has 0 spiro atoms. The Balaban J connectivity index is 2.32. The van der Waals surface area contributed by atoms with Crippen LogP contribution in [0, 0.1) is 16.7 Å². The fourth-order valence-corrected chi connectivity index (χ4v) is 3.96. The van der Waals surface area contributed by atoms with Crippen molar-refractivity contribution in [2.45, 2.75) is 58.5 Å². The molecule has 2 aliphatic heterocycles. The Hall–Kier alpha value is -2.38. The number of likely N-dealkylation sites (N-methyl/N-ethyl adjacent to an activating group) is 1. The largest absolute Gasteiger partial charge is 0.450 e. The van der Waals surface area contributed by atoms with Crippen LogP contribution in [-0.4, -0.2) is 92.4 Å². The smallest absolute Gasteiger partial charge is 0.413 e. The number of carbonyl (C=O) groups is 2. The van der Waals surface area contributed by atoms with E-state index in [9.17, 15) is 14.9 Å². The molecule has 2 heterocycles. The summed E-state index contributed by atoms with van der Waals surface area (Å²) in [4.78, 5) is 34.2. The summed E-state index contributed by atoms with van der Waals surface area (Å²) in [6.45, 7) is 11.5. The number of likely N-dealkylation sites (tertiary alicyclic amines) is 1. The predicted octanol–water partition coefficient (Wildman–Crippen LogP) is 1.33. The fourth-order valence-electron chi connectivity index (χ4n) is 3.96. The molecular formula is C22H38N6O4. The highest BCUT2D eigenvalue weighted by Crippen LogP contribution is 2.25. The van der Waals surface area contributed by atoms with Crippen LogP contribution in [0.3, 0.4) is 0 Å². The molecule has 2 atom stereocenters. The second kappa shape index (κ2) is 11.5. The molecule has 32 heavy (non-hydrogen) atoms. The first-order valence-corrected chi connectivity index (χ1v) is 11.3. The maximum atomic E-state index is 13.4. The third kappa shape index (κ3) is 7.95. The number of nitriles is 1. The van der Waals surface area contributed by atoms with Gasteiger partial charge < -0.3 is 24.6 Å². The molecule has 180 valence electrons. The number of piperidine rings is 1. The highest BCUT2D eigenvalue weighted by atomic mass is 16.5. The maximum absolute atomic E-state index is 13.4. The van der Waals surface area contributed by atoms with Crippen molar-refractivity contribution < 1.29 is 19.1 Å². The molecule has 0 aromatic heterocycles. The zero-order valence-electron chi connectivity index (χ0n) is 20.1. The number of hydrogen-bond donors (Lipinski definition) is 2. The van der Waals surface area contributed by atoms with Gasteiger partial charge in [-0.25, -0.2) is 9.79 Å². The summed E-state index contributed by atoms with van der Waals surface area (Å²) in [7, 11) is 1.95. The first kappa shape index (κ1) is 25.9. The minimum absolute atomic E-state index is 0.200. The van der Waals surface area contributed by atoms with Crippen LogP contribution < -0.4 is 10.6 Å². The Kier molecular flexibility index (Phi) is 9.28. The van der Waals surface area contributed by atoms with Gasteiger partial charge in [0, 0.05) is 19.6 Å². The number of morpholine rings is 1. The van der Waals surface area contributed by atoms with Gasteiger partial charge in [-0.1, -0.05) is 20.8 Å². The third-order valence-electron chi connectivity index (χ3n) is 5.45. The van der Waals surface area contributed by atoms with E-state index in [4.69, 9.17) is 14.5 Å². The molecule has 2 N–H and O–H groups in total. The summed E-state index contributed by atoms with van der Waals surface area (Å²) in [5.74, 6) is -0.0175. The van der Waals surface area contributed by atoms with Gasteiger partial charge in [0.25, 0.3) is 0 Å². The van der Waals surface area contributed by atoms with Crippen LogP contribution >= 0.6 is 0 Å². The SMILES string of the molecule is CCOC(=O)NC(=N[C@@H](CC(C)(C)C)C(=O)N[C@@]1(C#N)CCCN(C)C1)N1CCOCC1. The lowest BCUT2D eigenvalue weighted by Crippen LogP contribution is -2.59. The van der Waals surface area contributed by atoms with Gasteiger partial charge in [0.15, 0.2) is 0 Å². The molecule has 2 saturated heterocycles. The van der Waals surface area contributed by atoms with Gasteiger partial charge in [-0.2, -0.15) is 5.26 Å². The highest BCUT2D eigenvalue weighted by Gasteiger charge is 2.38. The average Bonchev–Trinajstić information content (AvgIpc) is 2.72. The number of ether oxygens (including phenoxy) is 2. The summed E-state index contributed by atoms with van der Waals surface area (Å²) >= 11 is 0. The number of rotatable bonds is 5. The normalized spacial score (nSPS) is 23.8. The van der Waals surface area contributed by atoms with Crippen molar-refractivity contribution in [3.63, 3.8) is 0 Å². The zero-order valence-corrected chi connectivity index (χ0v) is 20.1. The number of guanidine groups is 1. The third-order valence-corrected chi connectivity index (χ3v) is 5.45. The Bertz CT molecular complexity index is 723. The van der Waals surface area contributed by atoms with Crippen LogP contribution in [0.5, 0.6) is 0 Å². The van der Waals surface area contributed by atoms with Crippen LogP contribution in [0.25, 0.3) is 0 Å². The number of nitrogens with one attached hydrogen (secondary N) is 2. The molecule has 0 aliphatic carbocycles. The van der Waals surface area contributed by atoms with Crippen molar-refractivity contribution in [2.75, 3.05) is 53.0 Å². The van der Waals surface area contributed by atoms with Crippen LogP contribution in [0.2, 0.25) is 0 Å². The lowest BCUT2D eigenvalue weighted by Gasteiger charge is -2.38. The van der Waals surface area contributed by atoms with Gasteiger partial charge in [0.05, 0.1) is 25.9 Å². The summed E-state index contributed by atoms with van der Waals surface area (Å²) < 4.78 is 10.4. The van der Waals surface area contributed by atoms with E-state index in [1.54, 1.807) is 6.92 Å². The van der Waals surface area contributed by atoms with Crippen LogP contribution in [-0.2, 0) is 14.3 Å². The molecule has 0 bridgehead atoms. The van der Waals surface area contributed by atoms with E-state index < -0.39 is 17.7 Å². The predicted molar refractivity (Wildman–Crippen MR) is 121 cm³/mol. The Morgan fingerprint density at radius 2 is 1.97 bits per heavy atom. The molecule has 0 aromatic rings. The van der Waals surface area contributed by atoms with Crippen molar-refractivity contribution in [3.05, 3.63) is 0 Å². The summed E-state index contributed by atoms with van der Waals surface area (Å²) in [5.41, 5.74) is -1.14. The van der Waals surface area contributed by atoms with Crippen molar-refractivity contribution >= 4 is 18.0 Å². The van der Waals surface area contributed by atoms with Crippen LogP contribution in [0.4, 0.5) is 4.79 Å². The average molecular weight is 451 g/mol. The van der Waals surface area contributed by atoms with E-state index in [-0.39, 0.29) is 17.9 Å². The zero-order chi connectivity index (χ0) is 23.8. The molecule has 2 rings (SSSR count). The minimum atomic E-state index is -0.941. The molecule has 10 nitrogen and oxygen atoms in total. The van der Waals surface area contributed by atoms with Crippen molar-refractivity contribution in [1.82, 2.24) is 20.4 Å². The topological polar surface area (TPSA) is 119 Å². The standard InChI is InChI=1S/C22H38N6O4/c1-6-32-20(30)25-19(28-10-12-31-13-11-28)24-17(14-21(2,3)4)18(29)26-22(15-23)8-7-9-27(5)16-22/h17H,6-14,16H2,1-5H3,(H,26,29)(H,24,25,30)/t17-,22+/m0/s1. The monoisotopic (exact) mass is 450 g/mol. The Labute approximate surface area is 191 Å². The van der Waals surface area contributed by atoms with Crippen molar-refractivity contribution in [1.29, 1.82) is 5.26 Å². The molecule has 0 aromatic carbocycles. The van der Waals surface area contributed by atoms with Gasteiger partial charge >= 0.3 is 6.09 Å². The summed E-state index contributed by atoms with van der Waals surface area (Å²) in [5, 5.41) is 15.5. The maximum Gasteiger partial charge on any atom is 0.413 e. The van der Waals surface area contributed by atoms with Gasteiger partial charge in [0.2, 0.25) is 11.9 Å². The van der Waals surface area contributed by atoms with Gasteiger partial charge in [-0.05, 0) is 45.2 Å². The van der Waals surface area contributed by atoms with Gasteiger partial charge in [-0.3, -0.25) is 10.1 Å². The molecule has 0 saturated carbocycles. The highest BCUT2D eigenvalue weighted by molar-refractivity contribution is 5.96. The second-order valence-electron chi connectivity index (χ2n) is 9.70. The molecule has 0 radical (unpaired) electrons. The van der Waals surface area contributed by atoms with E-state index in [0.717, 1.165) is 13.0 Å². The summed E-state index contributed by atoms with van der Waals surface area (Å²) in [6, 6.07) is 1.55. The molecule has 0 unspecified atom stereocenters. The number of alkyl carbamates (subject to hydrolysis) is 1.